The number of furan rings is 1. The van der Waals surface area contributed by atoms with Crippen LogP contribution in [0, 0.1) is 0 Å². The maximum absolute atomic E-state index is 5.74. The van der Waals surface area contributed by atoms with Gasteiger partial charge < -0.3 is 14.3 Å². The Bertz CT molecular complexity index is 636. The van der Waals surface area contributed by atoms with Gasteiger partial charge in [-0.05, 0) is 25.1 Å². The second kappa shape index (κ2) is 5.28. The molecule has 1 aromatic carbocycles. The molecule has 0 atom stereocenters. The average molecular weight is 256 g/mol. The number of nitrogens with one attached hydrogen (secondary N) is 1. The summed E-state index contributed by atoms with van der Waals surface area (Å²) < 4.78 is 11.1. The molecule has 0 radical (unpaired) electrons. The lowest BCUT2D eigenvalue weighted by atomic mass is 10.2. The van der Waals surface area contributed by atoms with Gasteiger partial charge in [0, 0.05) is 18.0 Å². The van der Waals surface area contributed by atoms with E-state index in [-0.39, 0.29) is 0 Å². The number of hydrogen-bond acceptors (Lipinski definition) is 4. The minimum atomic E-state index is 0.671. The van der Waals surface area contributed by atoms with E-state index in [1.54, 1.807) is 0 Å². The van der Waals surface area contributed by atoms with Crippen molar-refractivity contribution in [3.63, 3.8) is 0 Å². The van der Waals surface area contributed by atoms with Crippen molar-refractivity contribution in [3.8, 4) is 11.5 Å². The van der Waals surface area contributed by atoms with Crippen LogP contribution in [-0.4, -0.2) is 11.7 Å². The van der Waals surface area contributed by atoms with E-state index in [4.69, 9.17) is 8.94 Å². The Hall–Kier alpha value is -2.07. The van der Waals surface area contributed by atoms with Crippen molar-refractivity contribution in [1.29, 1.82) is 0 Å². The third-order valence-corrected chi connectivity index (χ3v) is 2.96. The first-order valence-electron chi connectivity index (χ1n) is 6.52. The summed E-state index contributed by atoms with van der Waals surface area (Å²) in [6.45, 7) is 3.83. The molecule has 0 bridgehead atoms. The topological polar surface area (TPSA) is 51.2 Å². The second-order valence-corrected chi connectivity index (χ2v) is 4.51. The SMILES string of the molecule is CCCNCc1cc(-c2cc3ccccc3o2)on1. The summed E-state index contributed by atoms with van der Waals surface area (Å²) in [6.07, 6.45) is 1.11. The fourth-order valence-electron chi connectivity index (χ4n) is 2.01. The van der Waals surface area contributed by atoms with E-state index in [1.807, 2.05) is 36.4 Å². The van der Waals surface area contributed by atoms with E-state index in [0.717, 1.165) is 41.9 Å². The molecule has 4 heteroatoms. The van der Waals surface area contributed by atoms with Crippen LogP contribution in [0.3, 0.4) is 0 Å². The van der Waals surface area contributed by atoms with Crippen molar-refractivity contribution in [2.45, 2.75) is 19.9 Å². The summed E-state index contributed by atoms with van der Waals surface area (Å²) in [5.74, 6) is 1.39. The Kier molecular flexibility index (Phi) is 3.33. The largest absolute Gasteiger partial charge is 0.453 e. The van der Waals surface area contributed by atoms with Gasteiger partial charge in [0.25, 0.3) is 0 Å². The maximum Gasteiger partial charge on any atom is 0.202 e. The quantitative estimate of drug-likeness (QED) is 0.709. The molecule has 98 valence electrons. The van der Waals surface area contributed by atoms with E-state index in [2.05, 4.69) is 17.4 Å². The number of nitrogens with zero attached hydrogens (tertiary/aromatic N) is 1. The number of aromatic nitrogens is 1. The van der Waals surface area contributed by atoms with Crippen molar-refractivity contribution < 1.29 is 8.94 Å². The van der Waals surface area contributed by atoms with Gasteiger partial charge in [0.15, 0.2) is 5.76 Å². The Balaban J connectivity index is 1.81. The lowest BCUT2D eigenvalue weighted by Gasteiger charge is -1.96. The smallest absolute Gasteiger partial charge is 0.202 e. The summed E-state index contributed by atoms with van der Waals surface area (Å²) in [7, 11) is 0. The minimum Gasteiger partial charge on any atom is -0.453 e. The molecule has 0 aliphatic rings. The standard InChI is InChI=1S/C15H16N2O2/c1-2-7-16-10-12-9-15(19-17-12)14-8-11-5-3-4-6-13(11)18-14/h3-6,8-9,16H,2,7,10H2,1H3. The molecule has 0 spiro atoms. The molecular formula is C15H16N2O2. The van der Waals surface area contributed by atoms with Gasteiger partial charge in [-0.15, -0.1) is 0 Å². The number of benzene rings is 1. The zero-order valence-corrected chi connectivity index (χ0v) is 10.8. The van der Waals surface area contributed by atoms with Crippen LogP contribution < -0.4 is 5.32 Å². The zero-order chi connectivity index (χ0) is 13.1. The summed E-state index contributed by atoms with van der Waals surface area (Å²) in [4.78, 5) is 0. The highest BCUT2D eigenvalue weighted by Gasteiger charge is 2.11. The van der Waals surface area contributed by atoms with Gasteiger partial charge in [-0.3, -0.25) is 0 Å². The van der Waals surface area contributed by atoms with Crippen molar-refractivity contribution in [2.24, 2.45) is 0 Å². The van der Waals surface area contributed by atoms with E-state index in [9.17, 15) is 0 Å². The molecule has 0 aliphatic carbocycles. The lowest BCUT2D eigenvalue weighted by Crippen LogP contribution is -2.13. The summed E-state index contributed by atoms with van der Waals surface area (Å²) in [5, 5.41) is 8.40. The molecule has 2 aromatic heterocycles. The third-order valence-electron chi connectivity index (χ3n) is 2.96. The predicted octanol–water partition coefficient (Wildman–Crippen LogP) is 3.59. The monoisotopic (exact) mass is 256 g/mol. The predicted molar refractivity (Wildman–Crippen MR) is 73.7 cm³/mol. The van der Waals surface area contributed by atoms with Crippen molar-refractivity contribution in [3.05, 3.63) is 42.1 Å². The molecule has 1 N–H and O–H groups in total. The molecule has 0 fully saturated rings. The zero-order valence-electron chi connectivity index (χ0n) is 10.8. The van der Waals surface area contributed by atoms with Gasteiger partial charge in [-0.2, -0.15) is 0 Å². The molecule has 19 heavy (non-hydrogen) atoms. The lowest BCUT2D eigenvalue weighted by molar-refractivity contribution is 0.410. The number of rotatable bonds is 5. The fourth-order valence-corrected chi connectivity index (χ4v) is 2.01. The molecule has 0 amide bonds. The van der Waals surface area contributed by atoms with Crippen LogP contribution in [0.4, 0.5) is 0 Å². The summed E-state index contributed by atoms with van der Waals surface area (Å²) in [5.41, 5.74) is 1.75. The Morgan fingerprint density at radius 1 is 1.16 bits per heavy atom. The first kappa shape index (κ1) is 12.0. The van der Waals surface area contributed by atoms with Crippen LogP contribution in [0.5, 0.6) is 0 Å². The van der Waals surface area contributed by atoms with Crippen molar-refractivity contribution >= 4 is 11.0 Å². The third kappa shape index (κ3) is 2.53. The van der Waals surface area contributed by atoms with Gasteiger partial charge >= 0.3 is 0 Å². The molecule has 0 saturated carbocycles. The molecular weight excluding hydrogens is 240 g/mol. The molecule has 0 saturated heterocycles. The van der Waals surface area contributed by atoms with E-state index in [1.165, 1.54) is 0 Å². The number of hydrogen-bond donors (Lipinski definition) is 1. The molecule has 3 aromatic rings. The first-order valence-corrected chi connectivity index (χ1v) is 6.52. The van der Waals surface area contributed by atoms with Crippen LogP contribution in [-0.2, 0) is 6.54 Å². The maximum atomic E-state index is 5.74. The molecule has 0 aliphatic heterocycles. The first-order chi connectivity index (χ1) is 9.36. The van der Waals surface area contributed by atoms with Gasteiger partial charge in [0.1, 0.15) is 5.58 Å². The Morgan fingerprint density at radius 2 is 2.05 bits per heavy atom. The van der Waals surface area contributed by atoms with E-state index >= 15 is 0 Å². The van der Waals surface area contributed by atoms with Crippen molar-refractivity contribution in [1.82, 2.24) is 10.5 Å². The van der Waals surface area contributed by atoms with E-state index in [0.29, 0.717) is 5.76 Å². The van der Waals surface area contributed by atoms with Gasteiger partial charge in [0.05, 0.1) is 5.69 Å². The van der Waals surface area contributed by atoms with Gasteiger partial charge in [0.2, 0.25) is 5.76 Å². The Labute approximate surface area is 111 Å². The fraction of sp³-hybridized carbons (Fsp3) is 0.267. The van der Waals surface area contributed by atoms with Crippen molar-refractivity contribution in [2.75, 3.05) is 6.54 Å². The minimum absolute atomic E-state index is 0.671. The molecule has 4 nitrogen and oxygen atoms in total. The molecule has 2 heterocycles. The summed E-state index contributed by atoms with van der Waals surface area (Å²) >= 11 is 0. The van der Waals surface area contributed by atoms with Crippen LogP contribution in [0.25, 0.3) is 22.5 Å². The highest BCUT2D eigenvalue weighted by atomic mass is 16.5. The van der Waals surface area contributed by atoms with Gasteiger partial charge in [-0.25, -0.2) is 0 Å². The van der Waals surface area contributed by atoms with Crippen LogP contribution in [0.15, 0.2) is 45.3 Å². The number of fused-ring (bicyclic) bond motifs is 1. The second-order valence-electron chi connectivity index (χ2n) is 4.51. The normalized spacial score (nSPS) is 11.2. The molecule has 3 rings (SSSR count). The highest BCUT2D eigenvalue weighted by molar-refractivity contribution is 5.81. The Morgan fingerprint density at radius 3 is 2.89 bits per heavy atom. The van der Waals surface area contributed by atoms with Crippen LogP contribution >= 0.6 is 0 Å². The molecule has 0 unspecified atom stereocenters. The van der Waals surface area contributed by atoms with Gasteiger partial charge in [-0.1, -0.05) is 30.3 Å². The summed E-state index contributed by atoms with van der Waals surface area (Å²) in [6, 6.07) is 11.8. The van der Waals surface area contributed by atoms with Crippen LogP contribution in [0.2, 0.25) is 0 Å². The highest BCUT2D eigenvalue weighted by Crippen LogP contribution is 2.27. The van der Waals surface area contributed by atoms with Crippen LogP contribution in [0.1, 0.15) is 19.0 Å². The van der Waals surface area contributed by atoms with E-state index < -0.39 is 0 Å². The number of para-hydroxylation sites is 1. The average Bonchev–Trinajstić information content (AvgIpc) is 3.04.